The Morgan fingerprint density at radius 2 is 1.58 bits per heavy atom. The Bertz CT molecular complexity index is 1340. The standard InChI is InChI=1S/C29H33N3O5S/c1-30-29(34)28(23-6-4-3-5-7-23)32(20-22-8-15-25(37-2)16-9-22)27(33)19-12-21-10-17-26(18-11-21)38(35,36)31-24-13-14-24/h3-11,15-18,24,28,31H,12-14,19-20H2,1-2H3,(H,30,34)/t28-/m0/s1. The zero-order valence-corrected chi connectivity index (χ0v) is 22.4. The van der Waals surface area contributed by atoms with Crippen LogP contribution in [0.2, 0.25) is 0 Å². The Balaban J connectivity index is 1.53. The van der Waals surface area contributed by atoms with Gasteiger partial charge in [-0.1, -0.05) is 54.6 Å². The molecule has 0 aromatic heterocycles. The molecule has 200 valence electrons. The molecular formula is C29H33N3O5S. The molecule has 3 aromatic rings. The van der Waals surface area contributed by atoms with Gasteiger partial charge in [-0.3, -0.25) is 9.59 Å². The molecular weight excluding hydrogens is 502 g/mol. The first-order valence-corrected chi connectivity index (χ1v) is 14.1. The largest absolute Gasteiger partial charge is 0.497 e. The molecule has 0 radical (unpaired) electrons. The molecule has 8 nitrogen and oxygen atoms in total. The first-order valence-electron chi connectivity index (χ1n) is 12.6. The molecule has 0 bridgehead atoms. The predicted molar refractivity (Wildman–Crippen MR) is 145 cm³/mol. The van der Waals surface area contributed by atoms with Crippen LogP contribution in [-0.2, 0) is 32.6 Å². The summed E-state index contributed by atoms with van der Waals surface area (Å²) in [5.41, 5.74) is 2.41. The average molecular weight is 536 g/mol. The molecule has 0 unspecified atom stereocenters. The molecule has 0 saturated heterocycles. The Hall–Kier alpha value is -3.69. The molecule has 0 heterocycles. The third kappa shape index (κ3) is 6.99. The van der Waals surface area contributed by atoms with Crippen LogP contribution < -0.4 is 14.8 Å². The second kappa shape index (κ2) is 12.2. The third-order valence-electron chi connectivity index (χ3n) is 6.51. The number of carbonyl (C=O) groups excluding carboxylic acids is 2. The summed E-state index contributed by atoms with van der Waals surface area (Å²) in [7, 11) is -0.383. The molecule has 1 saturated carbocycles. The Kier molecular flexibility index (Phi) is 8.81. The molecule has 9 heteroatoms. The number of rotatable bonds is 12. The lowest BCUT2D eigenvalue weighted by molar-refractivity contribution is -0.141. The molecule has 0 aliphatic heterocycles. The molecule has 4 rings (SSSR count). The molecule has 1 fully saturated rings. The van der Waals surface area contributed by atoms with E-state index in [1.807, 2.05) is 54.6 Å². The fourth-order valence-corrected chi connectivity index (χ4v) is 5.52. The summed E-state index contributed by atoms with van der Waals surface area (Å²) in [6, 6.07) is 22.4. The quantitative estimate of drug-likeness (QED) is 0.369. The van der Waals surface area contributed by atoms with Crippen molar-refractivity contribution in [3.05, 3.63) is 95.6 Å². The van der Waals surface area contributed by atoms with Gasteiger partial charge in [0.15, 0.2) is 0 Å². The number of benzene rings is 3. The van der Waals surface area contributed by atoms with Crippen molar-refractivity contribution in [1.82, 2.24) is 14.9 Å². The van der Waals surface area contributed by atoms with E-state index in [9.17, 15) is 18.0 Å². The van der Waals surface area contributed by atoms with E-state index in [-0.39, 0.29) is 35.7 Å². The summed E-state index contributed by atoms with van der Waals surface area (Å²) < 4.78 is 32.8. The van der Waals surface area contributed by atoms with E-state index in [4.69, 9.17) is 4.74 Å². The molecule has 2 amide bonds. The number of hydrogen-bond donors (Lipinski definition) is 2. The Morgan fingerprint density at radius 1 is 0.947 bits per heavy atom. The molecule has 1 aliphatic rings. The average Bonchev–Trinajstić information content (AvgIpc) is 3.75. The van der Waals surface area contributed by atoms with Gasteiger partial charge in [-0.15, -0.1) is 0 Å². The van der Waals surface area contributed by atoms with Crippen LogP contribution in [0, 0.1) is 0 Å². The fraction of sp³-hybridized carbons (Fsp3) is 0.310. The number of amides is 2. The minimum absolute atomic E-state index is 0.0341. The number of aryl methyl sites for hydroxylation is 1. The molecule has 2 N–H and O–H groups in total. The van der Waals surface area contributed by atoms with E-state index >= 15 is 0 Å². The van der Waals surface area contributed by atoms with Crippen LogP contribution in [0.1, 0.15) is 42.0 Å². The van der Waals surface area contributed by atoms with Crippen molar-refractivity contribution >= 4 is 21.8 Å². The summed E-state index contributed by atoms with van der Waals surface area (Å²) in [5.74, 6) is 0.233. The molecule has 3 aromatic carbocycles. The number of methoxy groups -OCH3 is 1. The van der Waals surface area contributed by atoms with E-state index in [1.165, 1.54) is 0 Å². The van der Waals surface area contributed by atoms with Gasteiger partial charge in [-0.05, 0) is 60.2 Å². The van der Waals surface area contributed by atoms with Crippen molar-refractivity contribution in [1.29, 1.82) is 0 Å². The number of ether oxygens (including phenoxy) is 1. The number of nitrogens with zero attached hydrogens (tertiary/aromatic N) is 1. The van der Waals surface area contributed by atoms with E-state index < -0.39 is 16.1 Å². The number of hydrogen-bond acceptors (Lipinski definition) is 5. The van der Waals surface area contributed by atoms with E-state index in [0.29, 0.717) is 17.7 Å². The molecule has 0 spiro atoms. The topological polar surface area (TPSA) is 105 Å². The van der Waals surface area contributed by atoms with Crippen molar-refractivity contribution < 1.29 is 22.7 Å². The molecule has 1 atom stereocenters. The Labute approximate surface area is 224 Å². The molecule has 38 heavy (non-hydrogen) atoms. The number of carbonyl (C=O) groups is 2. The maximum Gasteiger partial charge on any atom is 0.247 e. The Morgan fingerprint density at radius 3 is 2.16 bits per heavy atom. The van der Waals surface area contributed by atoms with Crippen LogP contribution >= 0.6 is 0 Å². The lowest BCUT2D eigenvalue weighted by atomic mass is 10.0. The van der Waals surface area contributed by atoms with E-state index in [2.05, 4.69) is 10.0 Å². The summed E-state index contributed by atoms with van der Waals surface area (Å²) in [5, 5.41) is 2.70. The normalized spacial score (nSPS) is 13.9. The van der Waals surface area contributed by atoms with E-state index in [0.717, 1.165) is 24.0 Å². The van der Waals surface area contributed by atoms with Crippen molar-refractivity contribution in [3.8, 4) is 5.75 Å². The van der Waals surface area contributed by atoms with Crippen LogP contribution in [0.15, 0.2) is 83.8 Å². The van der Waals surface area contributed by atoms with Gasteiger partial charge in [0, 0.05) is 26.1 Å². The zero-order chi connectivity index (χ0) is 27.1. The van der Waals surface area contributed by atoms with Gasteiger partial charge in [0.25, 0.3) is 0 Å². The van der Waals surface area contributed by atoms with Crippen LogP contribution in [0.25, 0.3) is 0 Å². The third-order valence-corrected chi connectivity index (χ3v) is 8.05. The maximum atomic E-state index is 13.6. The van der Waals surface area contributed by atoms with Gasteiger partial charge in [-0.2, -0.15) is 0 Å². The van der Waals surface area contributed by atoms with Crippen molar-refractivity contribution in [3.63, 3.8) is 0 Å². The molecule has 1 aliphatic carbocycles. The van der Waals surface area contributed by atoms with Gasteiger partial charge >= 0.3 is 0 Å². The highest BCUT2D eigenvalue weighted by atomic mass is 32.2. The van der Waals surface area contributed by atoms with Crippen LogP contribution in [-0.4, -0.2) is 45.3 Å². The van der Waals surface area contributed by atoms with Gasteiger partial charge < -0.3 is 15.0 Å². The van der Waals surface area contributed by atoms with Gasteiger partial charge in [0.2, 0.25) is 21.8 Å². The van der Waals surface area contributed by atoms with Crippen LogP contribution in [0.3, 0.4) is 0 Å². The highest BCUT2D eigenvalue weighted by molar-refractivity contribution is 7.89. The van der Waals surface area contributed by atoms with Gasteiger partial charge in [0.1, 0.15) is 11.8 Å². The lowest BCUT2D eigenvalue weighted by Crippen LogP contribution is -2.42. The summed E-state index contributed by atoms with van der Waals surface area (Å²) in [6.45, 7) is 0.236. The smallest absolute Gasteiger partial charge is 0.247 e. The summed E-state index contributed by atoms with van der Waals surface area (Å²) in [6.07, 6.45) is 2.30. The minimum Gasteiger partial charge on any atom is -0.497 e. The SMILES string of the molecule is CNC(=O)[C@H](c1ccccc1)N(Cc1ccc(OC)cc1)C(=O)CCc1ccc(S(=O)(=O)NC2CC2)cc1. The van der Waals surface area contributed by atoms with Crippen LogP contribution in [0.4, 0.5) is 0 Å². The first kappa shape index (κ1) is 27.3. The van der Waals surface area contributed by atoms with Crippen molar-refractivity contribution in [2.45, 2.75) is 49.2 Å². The fourth-order valence-electron chi connectivity index (χ4n) is 4.21. The van der Waals surface area contributed by atoms with Gasteiger partial charge in [0.05, 0.1) is 12.0 Å². The number of sulfonamides is 1. The minimum atomic E-state index is -3.53. The number of likely N-dealkylation sites (N-methyl/N-ethyl adjacent to an activating group) is 1. The maximum absolute atomic E-state index is 13.6. The lowest BCUT2D eigenvalue weighted by Gasteiger charge is -2.31. The second-order valence-corrected chi connectivity index (χ2v) is 11.1. The number of nitrogens with one attached hydrogen (secondary N) is 2. The van der Waals surface area contributed by atoms with Crippen molar-refractivity contribution in [2.75, 3.05) is 14.2 Å². The first-order chi connectivity index (χ1) is 18.3. The highest BCUT2D eigenvalue weighted by Gasteiger charge is 2.31. The monoisotopic (exact) mass is 535 g/mol. The van der Waals surface area contributed by atoms with Crippen LogP contribution in [0.5, 0.6) is 5.75 Å². The van der Waals surface area contributed by atoms with Crippen molar-refractivity contribution in [2.24, 2.45) is 0 Å². The second-order valence-electron chi connectivity index (χ2n) is 9.34. The highest BCUT2D eigenvalue weighted by Crippen LogP contribution is 2.26. The summed E-state index contributed by atoms with van der Waals surface area (Å²) >= 11 is 0. The predicted octanol–water partition coefficient (Wildman–Crippen LogP) is 3.58. The van der Waals surface area contributed by atoms with Gasteiger partial charge in [-0.25, -0.2) is 13.1 Å². The van der Waals surface area contributed by atoms with E-state index in [1.54, 1.807) is 43.3 Å². The zero-order valence-electron chi connectivity index (χ0n) is 21.6. The summed E-state index contributed by atoms with van der Waals surface area (Å²) in [4.78, 5) is 28.5.